The molecule has 0 saturated carbocycles. The second-order valence-corrected chi connectivity index (χ2v) is 7.28. The number of amides is 2. The van der Waals surface area contributed by atoms with E-state index in [-0.39, 0.29) is 24.2 Å². The summed E-state index contributed by atoms with van der Waals surface area (Å²) < 4.78 is 16.4. The highest BCUT2D eigenvalue weighted by molar-refractivity contribution is 6.02. The number of nitrogens with zero attached hydrogens (tertiary/aromatic N) is 1. The first-order valence-electron chi connectivity index (χ1n) is 10.6. The number of nitrogens with one attached hydrogen (secondary N) is 2. The SMILES string of the molecule is O=C(COc1cccc(NC(=O)c2ccco2)c1)NCc1cccc(OCc2ccccn2)c1. The fourth-order valence-corrected chi connectivity index (χ4v) is 3.05. The Morgan fingerprint density at radius 1 is 0.882 bits per heavy atom. The Morgan fingerprint density at radius 3 is 2.53 bits per heavy atom. The van der Waals surface area contributed by atoms with Gasteiger partial charge in [0.15, 0.2) is 12.4 Å². The van der Waals surface area contributed by atoms with Crippen molar-refractivity contribution in [3.8, 4) is 11.5 Å². The molecule has 2 aromatic heterocycles. The minimum atomic E-state index is -0.369. The van der Waals surface area contributed by atoms with Crippen molar-refractivity contribution in [2.24, 2.45) is 0 Å². The molecule has 0 spiro atoms. The number of anilines is 1. The van der Waals surface area contributed by atoms with Gasteiger partial charge in [-0.2, -0.15) is 0 Å². The van der Waals surface area contributed by atoms with Gasteiger partial charge in [0.25, 0.3) is 11.8 Å². The number of ether oxygens (including phenoxy) is 2. The lowest BCUT2D eigenvalue weighted by molar-refractivity contribution is -0.123. The van der Waals surface area contributed by atoms with E-state index in [9.17, 15) is 9.59 Å². The van der Waals surface area contributed by atoms with Gasteiger partial charge in [-0.25, -0.2) is 0 Å². The Bertz CT molecular complexity index is 1230. The highest BCUT2D eigenvalue weighted by atomic mass is 16.5. The summed E-state index contributed by atoms with van der Waals surface area (Å²) in [5.74, 6) is 0.715. The number of carbonyl (C=O) groups excluding carboxylic acids is 2. The third-order valence-corrected chi connectivity index (χ3v) is 4.71. The molecule has 0 radical (unpaired) electrons. The molecule has 0 aliphatic heterocycles. The van der Waals surface area contributed by atoms with Crippen LogP contribution in [0.5, 0.6) is 11.5 Å². The van der Waals surface area contributed by atoms with E-state index >= 15 is 0 Å². The first-order chi connectivity index (χ1) is 16.7. The largest absolute Gasteiger partial charge is 0.487 e. The maximum absolute atomic E-state index is 12.2. The molecule has 2 N–H and O–H groups in total. The minimum Gasteiger partial charge on any atom is -0.487 e. The van der Waals surface area contributed by atoms with Crippen LogP contribution in [0.4, 0.5) is 5.69 Å². The van der Waals surface area contributed by atoms with Crippen molar-refractivity contribution in [1.29, 1.82) is 0 Å². The van der Waals surface area contributed by atoms with Crippen LogP contribution >= 0.6 is 0 Å². The molecule has 4 rings (SSSR count). The molecule has 0 aliphatic carbocycles. The second-order valence-electron chi connectivity index (χ2n) is 7.28. The molecular weight excluding hydrogens is 434 g/mol. The molecule has 0 unspecified atom stereocenters. The summed E-state index contributed by atoms with van der Waals surface area (Å²) in [6.45, 7) is 0.541. The third-order valence-electron chi connectivity index (χ3n) is 4.71. The molecular formula is C26H23N3O5. The third kappa shape index (κ3) is 6.70. The van der Waals surface area contributed by atoms with Crippen LogP contribution in [0.15, 0.2) is 95.7 Å². The number of carbonyl (C=O) groups is 2. The second kappa shape index (κ2) is 11.3. The average Bonchev–Trinajstić information content (AvgIpc) is 3.42. The molecule has 2 amide bonds. The van der Waals surface area contributed by atoms with Gasteiger partial charge in [0.2, 0.25) is 0 Å². The highest BCUT2D eigenvalue weighted by Crippen LogP contribution is 2.18. The predicted octanol–water partition coefficient (Wildman–Crippen LogP) is 4.20. The lowest BCUT2D eigenvalue weighted by atomic mass is 10.2. The van der Waals surface area contributed by atoms with E-state index < -0.39 is 0 Å². The van der Waals surface area contributed by atoms with E-state index in [0.717, 1.165) is 11.3 Å². The summed E-state index contributed by atoms with van der Waals surface area (Å²) in [5, 5.41) is 5.54. The lowest BCUT2D eigenvalue weighted by Crippen LogP contribution is -2.28. The topological polar surface area (TPSA) is 103 Å². The molecule has 172 valence electrons. The Labute approximate surface area is 196 Å². The fourth-order valence-electron chi connectivity index (χ4n) is 3.05. The van der Waals surface area contributed by atoms with E-state index in [2.05, 4.69) is 15.6 Å². The van der Waals surface area contributed by atoms with Crippen molar-refractivity contribution >= 4 is 17.5 Å². The first kappa shape index (κ1) is 22.6. The van der Waals surface area contributed by atoms with Crippen LogP contribution < -0.4 is 20.1 Å². The van der Waals surface area contributed by atoms with E-state index in [1.54, 1.807) is 42.6 Å². The summed E-state index contributed by atoms with van der Waals surface area (Å²) in [5.41, 5.74) is 2.26. The van der Waals surface area contributed by atoms with E-state index in [4.69, 9.17) is 13.9 Å². The fraction of sp³-hybridized carbons (Fsp3) is 0.115. The Kier molecular flexibility index (Phi) is 7.53. The zero-order valence-electron chi connectivity index (χ0n) is 18.3. The van der Waals surface area contributed by atoms with Crippen LogP contribution in [0.2, 0.25) is 0 Å². The summed E-state index contributed by atoms with van der Waals surface area (Å²) in [4.78, 5) is 28.6. The summed E-state index contributed by atoms with van der Waals surface area (Å²) in [7, 11) is 0. The van der Waals surface area contributed by atoms with Crippen LogP contribution in [0.3, 0.4) is 0 Å². The summed E-state index contributed by atoms with van der Waals surface area (Å²) in [6, 6.07) is 23.2. The number of furan rings is 1. The van der Waals surface area contributed by atoms with Crippen LogP contribution in [0.25, 0.3) is 0 Å². The van der Waals surface area contributed by atoms with Crippen LogP contribution in [0, 0.1) is 0 Å². The van der Waals surface area contributed by atoms with E-state index in [1.807, 2.05) is 42.5 Å². The van der Waals surface area contributed by atoms with Gasteiger partial charge in [-0.15, -0.1) is 0 Å². The van der Waals surface area contributed by atoms with Gasteiger partial charge in [0.1, 0.15) is 18.1 Å². The van der Waals surface area contributed by atoms with Crippen molar-refractivity contribution in [2.45, 2.75) is 13.2 Å². The number of pyridine rings is 1. The van der Waals surface area contributed by atoms with E-state index in [1.165, 1.54) is 6.26 Å². The molecule has 8 nitrogen and oxygen atoms in total. The molecule has 4 aromatic rings. The molecule has 0 aliphatic rings. The maximum atomic E-state index is 12.2. The van der Waals surface area contributed by atoms with Crippen LogP contribution in [-0.4, -0.2) is 23.4 Å². The smallest absolute Gasteiger partial charge is 0.291 e. The normalized spacial score (nSPS) is 10.4. The predicted molar refractivity (Wildman–Crippen MR) is 125 cm³/mol. The zero-order valence-corrected chi connectivity index (χ0v) is 18.3. The number of benzene rings is 2. The lowest BCUT2D eigenvalue weighted by Gasteiger charge is -2.10. The Hall–Kier alpha value is -4.59. The molecule has 8 heteroatoms. The van der Waals surface area contributed by atoms with Crippen molar-refractivity contribution in [2.75, 3.05) is 11.9 Å². The van der Waals surface area contributed by atoms with Gasteiger partial charge in [-0.3, -0.25) is 14.6 Å². The van der Waals surface area contributed by atoms with Gasteiger partial charge in [0.05, 0.1) is 12.0 Å². The highest BCUT2D eigenvalue weighted by Gasteiger charge is 2.10. The van der Waals surface area contributed by atoms with Crippen molar-refractivity contribution in [3.05, 3.63) is 108 Å². The van der Waals surface area contributed by atoms with Gasteiger partial charge >= 0.3 is 0 Å². The molecule has 0 atom stereocenters. The number of rotatable bonds is 10. The first-order valence-corrected chi connectivity index (χ1v) is 10.6. The molecule has 2 aromatic carbocycles. The average molecular weight is 457 g/mol. The van der Waals surface area contributed by atoms with Gasteiger partial charge in [-0.1, -0.05) is 24.3 Å². The molecule has 0 bridgehead atoms. The molecule has 0 saturated heterocycles. The zero-order chi connectivity index (χ0) is 23.6. The molecule has 34 heavy (non-hydrogen) atoms. The number of hydrogen-bond acceptors (Lipinski definition) is 6. The maximum Gasteiger partial charge on any atom is 0.291 e. The standard InChI is InChI=1S/C26H23N3O5/c30-25(18-34-23-10-4-8-20(15-23)29-26(31)24-11-5-13-32-24)28-16-19-6-3-9-22(14-19)33-17-21-7-1-2-12-27-21/h1-15H,16-18H2,(H,28,30)(H,29,31). The number of hydrogen-bond donors (Lipinski definition) is 2. The summed E-state index contributed by atoms with van der Waals surface area (Å²) in [6.07, 6.45) is 3.15. The minimum absolute atomic E-state index is 0.161. The van der Waals surface area contributed by atoms with Crippen LogP contribution in [-0.2, 0) is 17.9 Å². The van der Waals surface area contributed by atoms with E-state index in [0.29, 0.717) is 30.3 Å². The van der Waals surface area contributed by atoms with Crippen molar-refractivity contribution in [1.82, 2.24) is 10.3 Å². The van der Waals surface area contributed by atoms with Gasteiger partial charge < -0.3 is 24.5 Å². The summed E-state index contributed by atoms with van der Waals surface area (Å²) >= 11 is 0. The Morgan fingerprint density at radius 2 is 1.74 bits per heavy atom. The van der Waals surface area contributed by atoms with Gasteiger partial charge in [0, 0.05) is 24.5 Å². The monoisotopic (exact) mass is 457 g/mol. The molecule has 0 fully saturated rings. The quantitative estimate of drug-likeness (QED) is 0.370. The van der Waals surface area contributed by atoms with Crippen molar-refractivity contribution < 1.29 is 23.5 Å². The Balaban J connectivity index is 1.23. The van der Waals surface area contributed by atoms with Crippen LogP contribution in [0.1, 0.15) is 21.8 Å². The number of aromatic nitrogens is 1. The molecule has 2 heterocycles. The van der Waals surface area contributed by atoms with Gasteiger partial charge in [-0.05, 0) is 54.1 Å². The van der Waals surface area contributed by atoms with Crippen molar-refractivity contribution in [3.63, 3.8) is 0 Å².